The van der Waals surface area contributed by atoms with Gasteiger partial charge in [0.25, 0.3) is 0 Å². The fourth-order valence-electron chi connectivity index (χ4n) is 1.67. The lowest BCUT2D eigenvalue weighted by Crippen LogP contribution is -2.04. The Kier molecular flexibility index (Phi) is 3.26. The molecule has 0 atom stereocenters. The molecule has 2 aromatic heterocycles. The van der Waals surface area contributed by atoms with E-state index in [1.807, 2.05) is 23.0 Å². The third-order valence-electron chi connectivity index (χ3n) is 2.37. The van der Waals surface area contributed by atoms with Crippen molar-refractivity contribution in [2.24, 2.45) is 5.73 Å². The largest absolute Gasteiger partial charge is 0.325 e. The van der Waals surface area contributed by atoms with Crippen molar-refractivity contribution in [1.29, 1.82) is 0 Å². The van der Waals surface area contributed by atoms with Gasteiger partial charge in [-0.25, -0.2) is 4.68 Å². The second kappa shape index (κ2) is 4.85. The molecule has 0 aliphatic heterocycles. The minimum atomic E-state index is 0.397. The Morgan fingerprint density at radius 1 is 1.44 bits per heavy atom. The van der Waals surface area contributed by atoms with Crippen LogP contribution in [-0.4, -0.2) is 20.0 Å². The monoisotopic (exact) mass is 217 g/mol. The van der Waals surface area contributed by atoms with E-state index in [0.717, 1.165) is 29.9 Å². The van der Waals surface area contributed by atoms with Crippen LogP contribution in [0.3, 0.4) is 0 Å². The smallest absolute Gasteiger partial charge is 0.104 e. The molecule has 84 valence electrons. The minimum Gasteiger partial charge on any atom is -0.325 e. The number of aryl methyl sites for hydroxylation is 1. The highest BCUT2D eigenvalue weighted by atomic mass is 15.4. The van der Waals surface area contributed by atoms with Crippen LogP contribution in [0.4, 0.5) is 0 Å². The summed E-state index contributed by atoms with van der Waals surface area (Å²) >= 11 is 0. The average Bonchev–Trinajstić information content (AvgIpc) is 2.74. The van der Waals surface area contributed by atoms with Crippen LogP contribution in [0.1, 0.15) is 19.0 Å². The molecule has 0 amide bonds. The number of rotatable bonds is 4. The molecule has 2 aromatic rings. The van der Waals surface area contributed by atoms with Gasteiger partial charge < -0.3 is 5.73 Å². The molecule has 0 radical (unpaired) electrons. The fourth-order valence-corrected chi connectivity index (χ4v) is 1.67. The van der Waals surface area contributed by atoms with Crippen molar-refractivity contribution < 1.29 is 0 Å². The van der Waals surface area contributed by atoms with Crippen LogP contribution in [-0.2, 0) is 13.1 Å². The molecule has 0 fully saturated rings. The number of aromatic nitrogens is 4. The van der Waals surface area contributed by atoms with Crippen LogP contribution in [0.25, 0.3) is 11.3 Å². The summed E-state index contributed by atoms with van der Waals surface area (Å²) in [5.41, 5.74) is 8.48. The van der Waals surface area contributed by atoms with Gasteiger partial charge in [0.15, 0.2) is 0 Å². The van der Waals surface area contributed by atoms with Gasteiger partial charge >= 0.3 is 0 Å². The highest BCUT2D eigenvalue weighted by Crippen LogP contribution is 2.20. The first kappa shape index (κ1) is 10.8. The van der Waals surface area contributed by atoms with Crippen LogP contribution >= 0.6 is 0 Å². The molecule has 0 aromatic carbocycles. The predicted molar refractivity (Wildman–Crippen MR) is 61.4 cm³/mol. The molecule has 5 nitrogen and oxygen atoms in total. The van der Waals surface area contributed by atoms with E-state index in [1.54, 1.807) is 6.20 Å². The standard InChI is InChI=1S/C11H15N5/c1-2-6-16-11(10(7-12)14-15-16)9-4-3-5-13-8-9/h3-5,8H,2,6-7,12H2,1H3. The predicted octanol–water partition coefficient (Wildman–Crippen LogP) is 1.21. The molecule has 0 aliphatic rings. The first-order chi connectivity index (χ1) is 7.86. The maximum atomic E-state index is 5.66. The number of hydrogen-bond donors (Lipinski definition) is 1. The molecular weight excluding hydrogens is 202 g/mol. The molecule has 0 saturated carbocycles. The second-order valence-electron chi connectivity index (χ2n) is 3.55. The molecule has 0 spiro atoms. The summed E-state index contributed by atoms with van der Waals surface area (Å²) in [6.07, 6.45) is 4.57. The lowest BCUT2D eigenvalue weighted by molar-refractivity contribution is 0.584. The molecule has 2 N–H and O–H groups in total. The normalized spacial score (nSPS) is 10.6. The third-order valence-corrected chi connectivity index (χ3v) is 2.37. The summed E-state index contributed by atoms with van der Waals surface area (Å²) < 4.78 is 1.89. The van der Waals surface area contributed by atoms with Crippen molar-refractivity contribution in [2.45, 2.75) is 26.4 Å². The Labute approximate surface area is 94.3 Å². The van der Waals surface area contributed by atoms with E-state index >= 15 is 0 Å². The topological polar surface area (TPSA) is 69.6 Å². The van der Waals surface area contributed by atoms with Crippen molar-refractivity contribution in [3.05, 3.63) is 30.2 Å². The van der Waals surface area contributed by atoms with Gasteiger partial charge in [-0.2, -0.15) is 0 Å². The molecule has 0 aliphatic carbocycles. The zero-order chi connectivity index (χ0) is 11.4. The van der Waals surface area contributed by atoms with Crippen molar-refractivity contribution in [3.8, 4) is 11.3 Å². The van der Waals surface area contributed by atoms with Crippen LogP contribution in [0.5, 0.6) is 0 Å². The maximum absolute atomic E-state index is 5.66. The molecule has 5 heteroatoms. The maximum Gasteiger partial charge on any atom is 0.104 e. The van der Waals surface area contributed by atoms with Crippen LogP contribution in [0, 0.1) is 0 Å². The van der Waals surface area contributed by atoms with Gasteiger partial charge in [0.05, 0.1) is 5.69 Å². The molecule has 0 unspecified atom stereocenters. The summed E-state index contributed by atoms with van der Waals surface area (Å²) in [4.78, 5) is 4.11. The van der Waals surface area contributed by atoms with Gasteiger partial charge in [-0.1, -0.05) is 12.1 Å². The van der Waals surface area contributed by atoms with Crippen molar-refractivity contribution in [2.75, 3.05) is 0 Å². The number of pyridine rings is 1. The van der Waals surface area contributed by atoms with Crippen LogP contribution in [0.2, 0.25) is 0 Å². The Morgan fingerprint density at radius 3 is 2.94 bits per heavy atom. The zero-order valence-corrected chi connectivity index (χ0v) is 9.30. The highest BCUT2D eigenvalue weighted by molar-refractivity contribution is 5.60. The lowest BCUT2D eigenvalue weighted by atomic mass is 10.1. The quantitative estimate of drug-likeness (QED) is 0.835. The van der Waals surface area contributed by atoms with Gasteiger partial charge in [0.2, 0.25) is 0 Å². The summed E-state index contributed by atoms with van der Waals surface area (Å²) in [5, 5.41) is 8.20. The Balaban J connectivity index is 2.48. The van der Waals surface area contributed by atoms with Crippen molar-refractivity contribution in [3.63, 3.8) is 0 Å². The Hall–Kier alpha value is -1.75. The van der Waals surface area contributed by atoms with E-state index in [0.29, 0.717) is 6.54 Å². The SMILES string of the molecule is CCCn1nnc(CN)c1-c1cccnc1. The van der Waals surface area contributed by atoms with Gasteiger partial charge in [-0.15, -0.1) is 5.10 Å². The van der Waals surface area contributed by atoms with Crippen molar-refractivity contribution in [1.82, 2.24) is 20.0 Å². The molecule has 0 bridgehead atoms. The van der Waals surface area contributed by atoms with Gasteiger partial charge in [-0.3, -0.25) is 4.98 Å². The van der Waals surface area contributed by atoms with Gasteiger partial charge in [0.1, 0.15) is 5.69 Å². The van der Waals surface area contributed by atoms with E-state index in [4.69, 9.17) is 5.73 Å². The number of nitrogens with two attached hydrogens (primary N) is 1. The zero-order valence-electron chi connectivity index (χ0n) is 9.30. The van der Waals surface area contributed by atoms with E-state index in [2.05, 4.69) is 22.2 Å². The molecule has 2 heterocycles. The molecule has 16 heavy (non-hydrogen) atoms. The number of hydrogen-bond acceptors (Lipinski definition) is 4. The third kappa shape index (κ3) is 1.94. The fraction of sp³-hybridized carbons (Fsp3) is 0.364. The van der Waals surface area contributed by atoms with Crippen LogP contribution < -0.4 is 5.73 Å². The second-order valence-corrected chi connectivity index (χ2v) is 3.55. The van der Waals surface area contributed by atoms with Crippen LogP contribution in [0.15, 0.2) is 24.5 Å². The van der Waals surface area contributed by atoms with Crippen molar-refractivity contribution >= 4 is 0 Å². The van der Waals surface area contributed by atoms with Gasteiger partial charge in [0, 0.05) is 31.0 Å². The molecular formula is C11H15N5. The summed E-state index contributed by atoms with van der Waals surface area (Å²) in [6, 6.07) is 3.90. The number of nitrogens with zero attached hydrogens (tertiary/aromatic N) is 4. The van der Waals surface area contributed by atoms with E-state index in [9.17, 15) is 0 Å². The average molecular weight is 217 g/mol. The Morgan fingerprint density at radius 2 is 2.31 bits per heavy atom. The van der Waals surface area contributed by atoms with E-state index in [1.165, 1.54) is 0 Å². The first-order valence-corrected chi connectivity index (χ1v) is 5.39. The highest BCUT2D eigenvalue weighted by Gasteiger charge is 2.12. The summed E-state index contributed by atoms with van der Waals surface area (Å²) in [6.45, 7) is 3.35. The first-order valence-electron chi connectivity index (χ1n) is 5.39. The molecule has 0 saturated heterocycles. The molecule has 2 rings (SSSR count). The van der Waals surface area contributed by atoms with E-state index in [-0.39, 0.29) is 0 Å². The summed E-state index contributed by atoms with van der Waals surface area (Å²) in [7, 11) is 0. The van der Waals surface area contributed by atoms with E-state index < -0.39 is 0 Å². The van der Waals surface area contributed by atoms with Gasteiger partial charge in [-0.05, 0) is 18.6 Å². The Bertz CT molecular complexity index is 449. The lowest BCUT2D eigenvalue weighted by Gasteiger charge is -2.05. The minimum absolute atomic E-state index is 0.397. The summed E-state index contributed by atoms with van der Waals surface area (Å²) in [5.74, 6) is 0.